The van der Waals surface area contributed by atoms with Crippen LogP contribution in [0.15, 0.2) is 12.0 Å². The molecule has 2 unspecified atom stereocenters. The molecule has 1 aliphatic heterocycles. The van der Waals surface area contributed by atoms with Gasteiger partial charge in [0, 0.05) is 12.5 Å². The second kappa shape index (κ2) is 4.12. The summed E-state index contributed by atoms with van der Waals surface area (Å²) in [5, 5.41) is 0.826. The van der Waals surface area contributed by atoms with E-state index in [2.05, 4.69) is 11.1 Å². The predicted octanol–water partition coefficient (Wildman–Crippen LogP) is 0.715. The number of sulfone groups is 1. The van der Waals surface area contributed by atoms with Crippen LogP contribution < -0.4 is 0 Å². The van der Waals surface area contributed by atoms with Gasteiger partial charge in [-0.25, -0.2) is 13.0 Å². The molecule has 1 saturated heterocycles. The summed E-state index contributed by atoms with van der Waals surface area (Å²) in [6.45, 7) is 3.09. The first-order valence-corrected chi connectivity index (χ1v) is 6.92. The van der Waals surface area contributed by atoms with E-state index in [0.29, 0.717) is 0 Å². The van der Waals surface area contributed by atoms with E-state index in [4.69, 9.17) is 9.05 Å². The fraction of sp³-hybridized carbons (Fsp3) is 0.667. The topological polar surface area (TPSA) is 78.9 Å². The first kappa shape index (κ1) is 11.9. The van der Waals surface area contributed by atoms with Crippen molar-refractivity contribution in [3.05, 3.63) is 12.0 Å². The third kappa shape index (κ3) is 2.90. The van der Waals surface area contributed by atoms with Crippen LogP contribution in [0, 0.1) is 0 Å². The highest BCUT2D eigenvalue weighted by Crippen LogP contribution is 2.54. The highest BCUT2D eigenvalue weighted by atomic mass is 32.2. The Bertz CT molecular complexity index is 361. The summed E-state index contributed by atoms with van der Waals surface area (Å²) >= 11 is 0. The smallest absolute Gasteiger partial charge is 0.290 e. The molecule has 1 fully saturated rings. The van der Waals surface area contributed by atoms with Crippen molar-refractivity contribution in [2.24, 2.45) is 0 Å². The molecular formula is C6H11O6PS. The maximum atomic E-state index is 11.3. The molecule has 0 aromatic carbocycles. The maximum absolute atomic E-state index is 11.3. The molecule has 82 valence electrons. The average molecular weight is 242 g/mol. The van der Waals surface area contributed by atoms with Crippen molar-refractivity contribution < 1.29 is 26.6 Å². The molecule has 0 aromatic rings. The highest BCUT2D eigenvalue weighted by Gasteiger charge is 2.39. The zero-order chi connectivity index (χ0) is 10.8. The summed E-state index contributed by atoms with van der Waals surface area (Å²) in [7, 11) is -5.71. The molecule has 0 spiro atoms. The van der Waals surface area contributed by atoms with Gasteiger partial charge in [-0.1, -0.05) is 6.58 Å². The van der Waals surface area contributed by atoms with Crippen molar-refractivity contribution in [3.8, 4) is 0 Å². The number of phosphoric ester groups is 1. The standard InChI is InChI=1S/C6H11O6PS/c1-3-14(8,9)5-6-4-11-13(7,10-2)12-6/h3,6H,1,4-5H2,2H3. The molecule has 0 bridgehead atoms. The largest absolute Gasteiger partial charge is 0.474 e. The van der Waals surface area contributed by atoms with Crippen molar-refractivity contribution >= 4 is 17.7 Å². The Hall–Kier alpha value is -0.200. The van der Waals surface area contributed by atoms with Gasteiger partial charge in [0.15, 0.2) is 9.84 Å². The molecule has 6 nitrogen and oxygen atoms in total. The molecule has 0 N–H and O–H groups in total. The molecule has 8 heteroatoms. The van der Waals surface area contributed by atoms with E-state index >= 15 is 0 Å². The summed E-state index contributed by atoms with van der Waals surface area (Å²) in [5.41, 5.74) is 0. The summed E-state index contributed by atoms with van der Waals surface area (Å²) in [5.74, 6) is -0.302. The second-order valence-electron chi connectivity index (χ2n) is 2.65. The van der Waals surface area contributed by atoms with Gasteiger partial charge in [-0.3, -0.25) is 13.6 Å². The van der Waals surface area contributed by atoms with Gasteiger partial charge in [-0.15, -0.1) is 0 Å². The lowest BCUT2D eigenvalue weighted by molar-refractivity contribution is 0.207. The molecule has 1 heterocycles. The van der Waals surface area contributed by atoms with Crippen LogP contribution in [0.2, 0.25) is 0 Å². The number of hydrogen-bond donors (Lipinski definition) is 0. The van der Waals surface area contributed by atoms with E-state index in [1.165, 1.54) is 7.11 Å². The molecule has 0 amide bonds. The minimum absolute atomic E-state index is 0.0574. The first-order chi connectivity index (χ1) is 6.41. The van der Waals surface area contributed by atoms with E-state index < -0.39 is 23.8 Å². The fourth-order valence-corrected chi connectivity index (χ4v) is 2.94. The lowest BCUT2D eigenvalue weighted by Gasteiger charge is -2.07. The molecular weight excluding hydrogens is 231 g/mol. The van der Waals surface area contributed by atoms with Crippen molar-refractivity contribution in [1.29, 1.82) is 0 Å². The van der Waals surface area contributed by atoms with Gasteiger partial charge >= 0.3 is 7.82 Å². The van der Waals surface area contributed by atoms with E-state index in [0.717, 1.165) is 5.41 Å². The first-order valence-electron chi connectivity index (χ1n) is 3.75. The average Bonchev–Trinajstić information content (AvgIpc) is 2.48. The predicted molar refractivity (Wildman–Crippen MR) is 49.4 cm³/mol. The fourth-order valence-electron chi connectivity index (χ4n) is 0.919. The molecule has 0 aliphatic carbocycles. The van der Waals surface area contributed by atoms with Crippen molar-refractivity contribution in [2.45, 2.75) is 6.10 Å². The zero-order valence-electron chi connectivity index (χ0n) is 7.58. The minimum Gasteiger partial charge on any atom is -0.290 e. The van der Waals surface area contributed by atoms with Crippen LogP contribution in [0.5, 0.6) is 0 Å². The Morgan fingerprint density at radius 1 is 1.71 bits per heavy atom. The molecule has 1 rings (SSSR count). The van der Waals surface area contributed by atoms with Crippen molar-refractivity contribution in [2.75, 3.05) is 19.5 Å². The Kier molecular flexibility index (Phi) is 3.49. The quantitative estimate of drug-likeness (QED) is 0.675. The third-order valence-corrected chi connectivity index (χ3v) is 4.41. The summed E-state index contributed by atoms with van der Waals surface area (Å²) in [6.07, 6.45) is -0.760. The molecule has 0 aromatic heterocycles. The van der Waals surface area contributed by atoms with Crippen LogP contribution in [0.25, 0.3) is 0 Å². The van der Waals surface area contributed by atoms with Gasteiger partial charge in [-0.2, -0.15) is 0 Å². The Labute approximate surface area is 82.4 Å². The van der Waals surface area contributed by atoms with Crippen molar-refractivity contribution in [1.82, 2.24) is 0 Å². The van der Waals surface area contributed by atoms with Gasteiger partial charge in [-0.05, 0) is 0 Å². The van der Waals surface area contributed by atoms with Crippen LogP contribution in [0.4, 0.5) is 0 Å². The zero-order valence-corrected chi connectivity index (χ0v) is 9.29. The molecule has 1 aliphatic rings. The van der Waals surface area contributed by atoms with Crippen LogP contribution in [0.1, 0.15) is 0 Å². The second-order valence-corrected chi connectivity index (χ2v) is 6.37. The minimum atomic E-state index is -3.50. The van der Waals surface area contributed by atoms with Gasteiger partial charge in [0.1, 0.15) is 6.10 Å². The highest BCUT2D eigenvalue weighted by molar-refractivity contribution is 7.94. The van der Waals surface area contributed by atoms with E-state index in [9.17, 15) is 13.0 Å². The number of phosphoric acid groups is 1. The maximum Gasteiger partial charge on any atom is 0.474 e. The van der Waals surface area contributed by atoms with Crippen LogP contribution in [-0.2, 0) is 28.0 Å². The third-order valence-electron chi connectivity index (χ3n) is 1.59. The van der Waals surface area contributed by atoms with Gasteiger partial charge < -0.3 is 0 Å². The lowest BCUT2D eigenvalue weighted by atomic mass is 10.4. The van der Waals surface area contributed by atoms with E-state index in [1.54, 1.807) is 0 Å². The van der Waals surface area contributed by atoms with Crippen LogP contribution >= 0.6 is 7.82 Å². The Morgan fingerprint density at radius 2 is 2.36 bits per heavy atom. The molecule has 0 saturated carbocycles. The van der Waals surface area contributed by atoms with Gasteiger partial charge in [0.05, 0.1) is 12.4 Å². The van der Waals surface area contributed by atoms with Crippen LogP contribution in [0.3, 0.4) is 0 Å². The number of rotatable bonds is 4. The lowest BCUT2D eigenvalue weighted by Crippen LogP contribution is -2.20. The summed E-state index contributed by atoms with van der Waals surface area (Å²) < 4.78 is 47.4. The van der Waals surface area contributed by atoms with E-state index in [-0.39, 0.29) is 12.4 Å². The molecule has 2 atom stereocenters. The summed E-state index contributed by atoms with van der Waals surface area (Å²) in [6, 6.07) is 0. The van der Waals surface area contributed by atoms with E-state index in [1.807, 2.05) is 0 Å². The summed E-state index contributed by atoms with van der Waals surface area (Å²) in [4.78, 5) is 0. The molecule has 0 radical (unpaired) electrons. The van der Waals surface area contributed by atoms with Gasteiger partial charge in [0.25, 0.3) is 0 Å². The van der Waals surface area contributed by atoms with Crippen molar-refractivity contribution in [3.63, 3.8) is 0 Å². The van der Waals surface area contributed by atoms with Crippen LogP contribution in [-0.4, -0.2) is 34.0 Å². The number of hydrogen-bond acceptors (Lipinski definition) is 6. The van der Waals surface area contributed by atoms with Gasteiger partial charge in [0.2, 0.25) is 0 Å². The monoisotopic (exact) mass is 242 g/mol. The normalized spacial score (nSPS) is 33.1. The Balaban J connectivity index is 2.61. The molecule has 14 heavy (non-hydrogen) atoms. The Morgan fingerprint density at radius 3 is 2.79 bits per heavy atom. The SMILES string of the molecule is C=CS(=O)(=O)CC1COP(=O)(OC)O1.